The highest BCUT2D eigenvalue weighted by molar-refractivity contribution is 6.41. The first-order valence-electron chi connectivity index (χ1n) is 7.50. The van der Waals surface area contributed by atoms with E-state index in [9.17, 15) is 4.79 Å². The Kier molecular flexibility index (Phi) is 4.19. The van der Waals surface area contributed by atoms with E-state index in [1.54, 1.807) is 11.0 Å². The lowest BCUT2D eigenvalue weighted by Gasteiger charge is -2.27. The van der Waals surface area contributed by atoms with Crippen molar-refractivity contribution in [3.8, 4) is 0 Å². The van der Waals surface area contributed by atoms with Gasteiger partial charge in [0.2, 0.25) is 0 Å². The first-order chi connectivity index (χ1) is 10.7. The number of furan rings is 1. The van der Waals surface area contributed by atoms with E-state index >= 15 is 0 Å². The number of hydrogen-bond acceptors (Lipinski definition) is 4. The molecule has 2 aromatic rings. The molecule has 124 valence electrons. The van der Waals surface area contributed by atoms with Crippen molar-refractivity contribution in [3.63, 3.8) is 0 Å². The van der Waals surface area contributed by atoms with Crippen LogP contribution in [0.2, 0.25) is 10.2 Å². The van der Waals surface area contributed by atoms with Crippen molar-refractivity contribution in [1.82, 2.24) is 9.88 Å². The summed E-state index contributed by atoms with van der Waals surface area (Å²) in [7, 11) is 0. The molecule has 3 heterocycles. The third-order valence-corrected chi connectivity index (χ3v) is 4.31. The summed E-state index contributed by atoms with van der Waals surface area (Å²) in [5.74, 6) is 0.675. The highest BCUT2D eigenvalue weighted by atomic mass is 35.5. The Morgan fingerprint density at radius 3 is 2.83 bits per heavy atom. The van der Waals surface area contributed by atoms with Crippen molar-refractivity contribution in [2.24, 2.45) is 0 Å². The predicted molar refractivity (Wildman–Crippen MR) is 88.9 cm³/mol. The fourth-order valence-electron chi connectivity index (χ4n) is 2.70. The topological polar surface area (TPSA) is 55.6 Å². The number of carbonyl (C=O) groups excluding carboxylic acids is 1. The zero-order chi connectivity index (χ0) is 16.8. The van der Waals surface area contributed by atoms with Crippen molar-refractivity contribution < 1.29 is 13.9 Å². The molecule has 0 bridgehead atoms. The molecule has 0 aromatic carbocycles. The molecule has 1 aliphatic rings. The van der Waals surface area contributed by atoms with Gasteiger partial charge in [-0.2, -0.15) is 0 Å². The molecule has 1 saturated heterocycles. The van der Waals surface area contributed by atoms with Crippen molar-refractivity contribution >= 4 is 40.4 Å². The summed E-state index contributed by atoms with van der Waals surface area (Å²) < 4.78 is 11.3. The molecule has 1 aliphatic heterocycles. The number of carbonyl (C=O) groups is 1. The van der Waals surface area contributed by atoms with Crippen molar-refractivity contribution in [2.75, 3.05) is 6.54 Å². The van der Waals surface area contributed by atoms with Crippen LogP contribution in [0.3, 0.4) is 0 Å². The van der Waals surface area contributed by atoms with Gasteiger partial charge in [0.1, 0.15) is 22.0 Å². The number of fused-ring (bicyclic) bond motifs is 1. The molecule has 23 heavy (non-hydrogen) atoms. The van der Waals surface area contributed by atoms with E-state index in [-0.39, 0.29) is 17.3 Å². The number of ether oxygens (including phenoxy) is 1. The van der Waals surface area contributed by atoms with Crippen LogP contribution in [0, 0.1) is 0 Å². The van der Waals surface area contributed by atoms with E-state index in [2.05, 4.69) is 4.98 Å². The molecule has 1 unspecified atom stereocenters. The number of amides is 1. The van der Waals surface area contributed by atoms with Gasteiger partial charge in [0.25, 0.3) is 0 Å². The molecule has 1 atom stereocenters. The number of hydrogen-bond donors (Lipinski definition) is 0. The highest BCUT2D eigenvalue weighted by Crippen LogP contribution is 2.37. The SMILES string of the molecule is CC(C)(C)OC(=O)N1CCCC1c1cc2nc(Cl)c(Cl)cc2o1. The van der Waals surface area contributed by atoms with Crippen LogP contribution < -0.4 is 0 Å². The molecular formula is C16H18Cl2N2O3. The lowest BCUT2D eigenvalue weighted by Crippen LogP contribution is -2.36. The monoisotopic (exact) mass is 356 g/mol. The molecule has 2 aromatic heterocycles. The fraction of sp³-hybridized carbons (Fsp3) is 0.500. The first-order valence-corrected chi connectivity index (χ1v) is 8.25. The minimum absolute atomic E-state index is 0.156. The smallest absolute Gasteiger partial charge is 0.410 e. The van der Waals surface area contributed by atoms with E-state index in [4.69, 9.17) is 32.4 Å². The average molecular weight is 357 g/mol. The Labute approximate surface area is 144 Å². The van der Waals surface area contributed by atoms with E-state index in [0.29, 0.717) is 28.4 Å². The number of halogens is 2. The normalized spacial score (nSPS) is 18.7. The van der Waals surface area contributed by atoms with Crippen LogP contribution >= 0.6 is 23.2 Å². The van der Waals surface area contributed by atoms with Crippen LogP contribution in [0.4, 0.5) is 4.79 Å². The van der Waals surface area contributed by atoms with Gasteiger partial charge in [-0.3, -0.25) is 4.90 Å². The predicted octanol–water partition coefficient (Wildman–Crippen LogP) is 5.21. The number of rotatable bonds is 1. The summed E-state index contributed by atoms with van der Waals surface area (Å²) >= 11 is 11.9. The van der Waals surface area contributed by atoms with Crippen LogP contribution in [0.15, 0.2) is 16.5 Å². The van der Waals surface area contributed by atoms with Gasteiger partial charge in [0, 0.05) is 18.7 Å². The van der Waals surface area contributed by atoms with Crippen molar-refractivity contribution in [1.29, 1.82) is 0 Å². The van der Waals surface area contributed by atoms with Crippen molar-refractivity contribution in [3.05, 3.63) is 28.1 Å². The Morgan fingerprint density at radius 1 is 1.39 bits per heavy atom. The molecule has 3 rings (SSSR count). The Bertz CT molecular complexity index is 713. The molecule has 0 radical (unpaired) electrons. The summed E-state index contributed by atoms with van der Waals surface area (Å²) in [5, 5.41) is 0.581. The standard InChI is InChI=1S/C16H18Cl2N2O3/c1-16(2,3)23-15(21)20-6-4-5-11(20)13-8-10-12(22-13)7-9(17)14(18)19-10/h7-8,11H,4-6H2,1-3H3. The molecular weight excluding hydrogens is 339 g/mol. The fourth-order valence-corrected chi connectivity index (χ4v) is 2.99. The van der Waals surface area contributed by atoms with Crippen LogP contribution in [0.1, 0.15) is 45.4 Å². The maximum absolute atomic E-state index is 12.4. The zero-order valence-corrected chi connectivity index (χ0v) is 14.7. The lowest BCUT2D eigenvalue weighted by molar-refractivity contribution is 0.0209. The van der Waals surface area contributed by atoms with E-state index in [0.717, 1.165) is 12.8 Å². The van der Waals surface area contributed by atoms with Gasteiger partial charge in [-0.1, -0.05) is 23.2 Å². The van der Waals surface area contributed by atoms with E-state index < -0.39 is 5.60 Å². The lowest BCUT2D eigenvalue weighted by atomic mass is 10.1. The Morgan fingerprint density at radius 2 is 2.13 bits per heavy atom. The Hall–Kier alpha value is -1.46. The summed E-state index contributed by atoms with van der Waals surface area (Å²) in [6.45, 7) is 6.20. The maximum atomic E-state index is 12.4. The average Bonchev–Trinajstić information content (AvgIpc) is 3.03. The van der Waals surface area contributed by atoms with Gasteiger partial charge < -0.3 is 9.15 Å². The number of aromatic nitrogens is 1. The van der Waals surface area contributed by atoms with Gasteiger partial charge in [0.15, 0.2) is 5.58 Å². The molecule has 7 heteroatoms. The highest BCUT2D eigenvalue weighted by Gasteiger charge is 2.35. The third-order valence-electron chi connectivity index (χ3n) is 3.64. The third kappa shape index (κ3) is 3.40. The summed E-state index contributed by atoms with van der Waals surface area (Å²) in [4.78, 5) is 18.3. The van der Waals surface area contributed by atoms with Crippen LogP contribution in [-0.2, 0) is 4.74 Å². The number of nitrogens with zero attached hydrogens (tertiary/aromatic N) is 2. The summed E-state index contributed by atoms with van der Waals surface area (Å²) in [6, 6.07) is 3.30. The maximum Gasteiger partial charge on any atom is 0.410 e. The molecule has 1 fully saturated rings. The summed E-state index contributed by atoms with van der Waals surface area (Å²) in [5.41, 5.74) is 0.664. The minimum atomic E-state index is -0.527. The van der Waals surface area contributed by atoms with Gasteiger partial charge >= 0.3 is 6.09 Å². The summed E-state index contributed by atoms with van der Waals surface area (Å²) in [6.07, 6.45) is 1.39. The second-order valence-electron chi connectivity index (χ2n) is 6.62. The van der Waals surface area contributed by atoms with Gasteiger partial charge in [-0.15, -0.1) is 0 Å². The minimum Gasteiger partial charge on any atom is -0.457 e. The second kappa shape index (κ2) is 5.87. The molecule has 0 N–H and O–H groups in total. The number of likely N-dealkylation sites (tertiary alicyclic amines) is 1. The van der Waals surface area contributed by atoms with Gasteiger partial charge in [-0.05, 0) is 33.6 Å². The van der Waals surface area contributed by atoms with Crippen LogP contribution in [0.5, 0.6) is 0 Å². The van der Waals surface area contributed by atoms with E-state index in [1.807, 2.05) is 26.8 Å². The number of pyridine rings is 1. The molecule has 0 aliphatic carbocycles. The van der Waals surface area contributed by atoms with Gasteiger partial charge in [0.05, 0.1) is 11.1 Å². The zero-order valence-electron chi connectivity index (χ0n) is 13.2. The van der Waals surface area contributed by atoms with Crippen molar-refractivity contribution in [2.45, 2.75) is 45.3 Å². The van der Waals surface area contributed by atoms with E-state index in [1.165, 1.54) is 0 Å². The molecule has 0 saturated carbocycles. The molecule has 5 nitrogen and oxygen atoms in total. The Balaban J connectivity index is 1.89. The van der Waals surface area contributed by atoms with Crippen LogP contribution in [0.25, 0.3) is 11.1 Å². The molecule has 0 spiro atoms. The first kappa shape index (κ1) is 16.4. The molecule has 1 amide bonds. The van der Waals surface area contributed by atoms with Crippen LogP contribution in [-0.4, -0.2) is 28.1 Å². The largest absolute Gasteiger partial charge is 0.457 e. The van der Waals surface area contributed by atoms with Gasteiger partial charge in [-0.25, -0.2) is 9.78 Å². The second-order valence-corrected chi connectivity index (χ2v) is 7.39. The quantitative estimate of drug-likeness (QED) is 0.658.